The molecule has 2 aliphatic carbocycles. The van der Waals surface area contributed by atoms with Crippen molar-refractivity contribution in [3.05, 3.63) is 24.3 Å². The maximum atomic E-state index is 12.2. The van der Waals surface area contributed by atoms with E-state index in [9.17, 15) is 4.79 Å². The lowest BCUT2D eigenvalue weighted by molar-refractivity contribution is -0.122. The third-order valence-corrected chi connectivity index (χ3v) is 5.43. The van der Waals surface area contributed by atoms with E-state index in [1.54, 1.807) is 0 Å². The number of ether oxygens (including phenoxy) is 2. The SMILES string of the molecule is O=C(C[C@H]1C[C@H]2CC[C@H]1C2)NC[C@@H]1COc2ccccc2O1. The molecule has 3 aliphatic rings. The van der Waals surface area contributed by atoms with Crippen LogP contribution in [0, 0.1) is 17.8 Å². The summed E-state index contributed by atoms with van der Waals surface area (Å²) in [5, 5.41) is 3.03. The van der Waals surface area contributed by atoms with Gasteiger partial charge in [-0.1, -0.05) is 18.6 Å². The lowest BCUT2D eigenvalue weighted by Gasteiger charge is -2.27. The van der Waals surface area contributed by atoms with Gasteiger partial charge < -0.3 is 14.8 Å². The maximum Gasteiger partial charge on any atom is 0.220 e. The summed E-state index contributed by atoms with van der Waals surface area (Å²) in [4.78, 5) is 12.2. The van der Waals surface area contributed by atoms with E-state index in [2.05, 4.69) is 5.32 Å². The molecule has 0 radical (unpaired) electrons. The molecule has 1 aromatic rings. The fraction of sp³-hybridized carbons (Fsp3) is 0.611. The Kier molecular flexibility index (Phi) is 3.68. The third kappa shape index (κ3) is 2.79. The van der Waals surface area contributed by atoms with Crippen molar-refractivity contribution in [1.82, 2.24) is 5.32 Å². The van der Waals surface area contributed by atoms with E-state index in [-0.39, 0.29) is 12.0 Å². The van der Waals surface area contributed by atoms with Crippen molar-refractivity contribution in [2.45, 2.75) is 38.2 Å². The monoisotopic (exact) mass is 301 g/mol. The van der Waals surface area contributed by atoms with Gasteiger partial charge in [0, 0.05) is 6.42 Å². The Labute approximate surface area is 131 Å². The summed E-state index contributed by atoms with van der Waals surface area (Å²) >= 11 is 0. The molecule has 0 aromatic heterocycles. The lowest BCUT2D eigenvalue weighted by Crippen LogP contribution is -2.41. The topological polar surface area (TPSA) is 47.6 Å². The van der Waals surface area contributed by atoms with Gasteiger partial charge in [0.05, 0.1) is 6.54 Å². The van der Waals surface area contributed by atoms with Gasteiger partial charge >= 0.3 is 0 Å². The molecule has 2 saturated carbocycles. The molecule has 2 fully saturated rings. The maximum absolute atomic E-state index is 12.2. The third-order valence-electron chi connectivity index (χ3n) is 5.43. The molecular weight excluding hydrogens is 278 g/mol. The van der Waals surface area contributed by atoms with E-state index in [0.717, 1.165) is 23.3 Å². The highest BCUT2D eigenvalue weighted by Crippen LogP contribution is 2.49. The van der Waals surface area contributed by atoms with Crippen molar-refractivity contribution in [3.63, 3.8) is 0 Å². The van der Waals surface area contributed by atoms with E-state index < -0.39 is 0 Å². The van der Waals surface area contributed by atoms with E-state index in [1.165, 1.54) is 25.7 Å². The number of carbonyl (C=O) groups is 1. The van der Waals surface area contributed by atoms with Crippen molar-refractivity contribution in [1.29, 1.82) is 0 Å². The second-order valence-electron chi connectivity index (χ2n) is 6.94. The summed E-state index contributed by atoms with van der Waals surface area (Å²) in [5.41, 5.74) is 0. The second-order valence-corrected chi connectivity index (χ2v) is 6.94. The predicted molar refractivity (Wildman–Crippen MR) is 82.9 cm³/mol. The van der Waals surface area contributed by atoms with Gasteiger partial charge in [0.25, 0.3) is 0 Å². The Hall–Kier alpha value is -1.71. The Bertz CT molecular complexity index is 559. The Morgan fingerprint density at radius 3 is 2.82 bits per heavy atom. The summed E-state index contributed by atoms with van der Waals surface area (Å²) in [6.07, 6.45) is 5.92. The zero-order valence-electron chi connectivity index (χ0n) is 12.8. The average molecular weight is 301 g/mol. The number of hydrogen-bond donors (Lipinski definition) is 1. The number of amides is 1. The molecule has 1 aliphatic heterocycles. The summed E-state index contributed by atoms with van der Waals surface area (Å²) in [6.45, 7) is 1.01. The quantitative estimate of drug-likeness (QED) is 0.930. The van der Waals surface area contributed by atoms with Gasteiger partial charge in [0.1, 0.15) is 12.7 Å². The van der Waals surface area contributed by atoms with E-state index in [0.29, 0.717) is 25.5 Å². The average Bonchev–Trinajstić information content (AvgIpc) is 3.15. The largest absolute Gasteiger partial charge is 0.486 e. The van der Waals surface area contributed by atoms with Crippen molar-refractivity contribution in [2.24, 2.45) is 17.8 Å². The first kappa shape index (κ1) is 13.9. The standard InChI is InChI=1S/C18H23NO3/c20-18(9-14-8-12-5-6-13(14)7-12)19-10-15-11-21-16-3-1-2-4-17(16)22-15/h1-4,12-15H,5-11H2,(H,19,20)/t12-,13-,14+,15+/m0/s1. The molecule has 1 N–H and O–H groups in total. The predicted octanol–water partition coefficient (Wildman–Crippen LogP) is 2.77. The smallest absolute Gasteiger partial charge is 0.220 e. The minimum absolute atomic E-state index is 0.0983. The molecule has 22 heavy (non-hydrogen) atoms. The van der Waals surface area contributed by atoms with Crippen LogP contribution in [0.2, 0.25) is 0 Å². The summed E-state index contributed by atoms with van der Waals surface area (Å²) in [6, 6.07) is 7.66. The zero-order chi connectivity index (χ0) is 14.9. The molecule has 4 rings (SSSR count). The molecule has 1 amide bonds. The zero-order valence-corrected chi connectivity index (χ0v) is 12.8. The van der Waals surface area contributed by atoms with Crippen LogP contribution in [0.5, 0.6) is 11.5 Å². The first-order valence-electron chi connectivity index (χ1n) is 8.43. The van der Waals surface area contributed by atoms with Gasteiger partial charge in [0.15, 0.2) is 11.5 Å². The van der Waals surface area contributed by atoms with Gasteiger partial charge in [-0.2, -0.15) is 0 Å². The molecule has 118 valence electrons. The first-order chi connectivity index (χ1) is 10.8. The number of carbonyl (C=O) groups excluding carboxylic acids is 1. The van der Waals surface area contributed by atoms with Crippen molar-refractivity contribution >= 4 is 5.91 Å². The summed E-state index contributed by atoms with van der Waals surface area (Å²) in [7, 11) is 0. The van der Waals surface area contributed by atoms with Gasteiger partial charge in [-0.05, 0) is 49.1 Å². The minimum atomic E-state index is -0.0983. The Morgan fingerprint density at radius 2 is 2.05 bits per heavy atom. The first-order valence-corrected chi connectivity index (χ1v) is 8.43. The molecule has 0 saturated heterocycles. The van der Waals surface area contributed by atoms with Crippen LogP contribution < -0.4 is 14.8 Å². The van der Waals surface area contributed by atoms with Crippen molar-refractivity contribution in [2.75, 3.05) is 13.2 Å². The Morgan fingerprint density at radius 1 is 1.18 bits per heavy atom. The van der Waals surface area contributed by atoms with Crippen LogP contribution in [-0.2, 0) is 4.79 Å². The van der Waals surface area contributed by atoms with Crippen LogP contribution in [-0.4, -0.2) is 25.2 Å². The highest BCUT2D eigenvalue weighted by molar-refractivity contribution is 5.76. The van der Waals surface area contributed by atoms with Crippen molar-refractivity contribution in [3.8, 4) is 11.5 Å². The van der Waals surface area contributed by atoms with Crippen LogP contribution in [0.1, 0.15) is 32.1 Å². The van der Waals surface area contributed by atoms with Crippen LogP contribution in [0.4, 0.5) is 0 Å². The van der Waals surface area contributed by atoms with Crippen LogP contribution in [0.25, 0.3) is 0 Å². The minimum Gasteiger partial charge on any atom is -0.486 e. The highest BCUT2D eigenvalue weighted by Gasteiger charge is 2.40. The molecule has 0 spiro atoms. The summed E-state index contributed by atoms with van der Waals surface area (Å²) < 4.78 is 11.5. The number of hydrogen-bond acceptors (Lipinski definition) is 3. The normalized spacial score (nSPS) is 32.0. The molecule has 4 nitrogen and oxygen atoms in total. The molecular formula is C18H23NO3. The number of para-hydroxylation sites is 2. The number of benzene rings is 1. The molecule has 2 bridgehead atoms. The van der Waals surface area contributed by atoms with Crippen LogP contribution in [0.3, 0.4) is 0 Å². The number of fused-ring (bicyclic) bond motifs is 3. The fourth-order valence-electron chi connectivity index (χ4n) is 4.33. The fourth-order valence-corrected chi connectivity index (χ4v) is 4.33. The van der Waals surface area contributed by atoms with E-state index >= 15 is 0 Å². The molecule has 1 heterocycles. The number of rotatable bonds is 4. The lowest BCUT2D eigenvalue weighted by atomic mass is 9.86. The van der Waals surface area contributed by atoms with Gasteiger partial charge in [-0.15, -0.1) is 0 Å². The molecule has 4 heteroatoms. The second kappa shape index (κ2) is 5.82. The van der Waals surface area contributed by atoms with Crippen LogP contribution in [0.15, 0.2) is 24.3 Å². The Balaban J connectivity index is 1.24. The van der Waals surface area contributed by atoms with E-state index in [4.69, 9.17) is 9.47 Å². The summed E-state index contributed by atoms with van der Waals surface area (Å²) in [5.74, 6) is 4.03. The van der Waals surface area contributed by atoms with Gasteiger partial charge in [0.2, 0.25) is 5.91 Å². The van der Waals surface area contributed by atoms with Crippen molar-refractivity contribution < 1.29 is 14.3 Å². The highest BCUT2D eigenvalue weighted by atomic mass is 16.6. The van der Waals surface area contributed by atoms with Crippen LogP contribution >= 0.6 is 0 Å². The molecule has 0 unspecified atom stereocenters. The van der Waals surface area contributed by atoms with Gasteiger partial charge in [-0.3, -0.25) is 4.79 Å². The van der Waals surface area contributed by atoms with E-state index in [1.807, 2.05) is 24.3 Å². The molecule has 1 aromatic carbocycles. The molecule has 4 atom stereocenters. The van der Waals surface area contributed by atoms with Gasteiger partial charge in [-0.25, -0.2) is 0 Å². The number of nitrogens with one attached hydrogen (secondary N) is 1.